The number of nitrogens with zero attached hydrogens (tertiary/aromatic N) is 1. The number of ketones is 1. The van der Waals surface area contributed by atoms with Crippen LogP contribution < -0.4 is 16.0 Å². The molecule has 12 atom stereocenters. The fourth-order valence-corrected chi connectivity index (χ4v) is 11.4. The number of ether oxygens (including phenoxy) is 1. The van der Waals surface area contributed by atoms with Crippen LogP contribution >= 0.6 is 0 Å². The maximum atomic E-state index is 14.3. The molecule has 8 nitrogen and oxygen atoms in total. The molecule has 0 aromatic carbocycles. The minimum atomic E-state index is -0.277. The van der Waals surface area contributed by atoms with Crippen molar-refractivity contribution in [1.82, 2.24) is 20.9 Å². The van der Waals surface area contributed by atoms with Crippen LogP contribution in [0.2, 0.25) is 0 Å². The van der Waals surface area contributed by atoms with Crippen LogP contribution in [0.15, 0.2) is 0 Å². The molecule has 242 valence electrons. The molecule has 4 aliphatic carbocycles. The van der Waals surface area contributed by atoms with Crippen LogP contribution in [0.5, 0.6) is 0 Å². The highest BCUT2D eigenvalue weighted by Crippen LogP contribution is 2.70. The lowest BCUT2D eigenvalue weighted by Crippen LogP contribution is -2.60. The number of carbonyl (C=O) groups excluding carboxylic acids is 3. The first kappa shape index (κ1) is 31.5. The van der Waals surface area contributed by atoms with E-state index in [4.69, 9.17) is 4.74 Å². The van der Waals surface area contributed by atoms with Crippen molar-refractivity contribution in [3.05, 3.63) is 0 Å². The minimum Gasteiger partial charge on any atom is -0.357 e. The van der Waals surface area contributed by atoms with E-state index >= 15 is 0 Å². The number of Topliss-reactive ketones (excluding diaryl/α,β-unsaturated/α-hetero) is 1. The third-order valence-corrected chi connectivity index (χ3v) is 13.8. The third-order valence-electron chi connectivity index (χ3n) is 13.8. The number of carbonyl (C=O) groups is 3. The van der Waals surface area contributed by atoms with Crippen molar-refractivity contribution in [2.75, 3.05) is 33.7 Å². The van der Waals surface area contributed by atoms with Crippen LogP contribution in [0.25, 0.3) is 0 Å². The molecule has 8 heteroatoms. The third kappa shape index (κ3) is 5.39. The Morgan fingerprint density at radius 3 is 2.53 bits per heavy atom. The molecule has 2 saturated heterocycles. The van der Waals surface area contributed by atoms with Crippen LogP contribution in [0, 0.1) is 52.3 Å². The molecule has 4 saturated carbocycles. The summed E-state index contributed by atoms with van der Waals surface area (Å²) in [7, 11) is 4.02. The van der Waals surface area contributed by atoms with Crippen molar-refractivity contribution in [2.24, 2.45) is 52.3 Å². The summed E-state index contributed by atoms with van der Waals surface area (Å²) in [5.41, 5.74) is -0.384. The SMILES string of the molecule is C[C@H]1CC[C@@]2(NC1)O[C@H]1C[C@H]3[C@@H]4CC[C@@H]5CC(NC(=O)CC(=O)NCCCN(C)C)CC[C@]5(C)[C@H]4CC(=O)[C@]3(C)[C@H]1[C@@H]2C. The zero-order valence-corrected chi connectivity index (χ0v) is 27.7. The number of hydrogen-bond acceptors (Lipinski definition) is 6. The molecule has 3 N–H and O–H groups in total. The van der Waals surface area contributed by atoms with E-state index in [0.29, 0.717) is 60.2 Å². The zero-order chi connectivity index (χ0) is 30.7. The highest BCUT2D eigenvalue weighted by atomic mass is 16.5. The van der Waals surface area contributed by atoms with Gasteiger partial charge in [-0.15, -0.1) is 0 Å². The van der Waals surface area contributed by atoms with E-state index in [9.17, 15) is 14.4 Å². The molecule has 1 spiro atoms. The highest BCUT2D eigenvalue weighted by Gasteiger charge is 2.71. The van der Waals surface area contributed by atoms with Gasteiger partial charge in [0.25, 0.3) is 0 Å². The molecule has 0 aromatic heterocycles. The molecule has 2 amide bonds. The average molecular weight is 599 g/mol. The zero-order valence-electron chi connectivity index (χ0n) is 27.7. The van der Waals surface area contributed by atoms with Crippen molar-refractivity contribution in [3.63, 3.8) is 0 Å². The molecule has 0 radical (unpaired) electrons. The Labute approximate surface area is 259 Å². The van der Waals surface area contributed by atoms with Crippen molar-refractivity contribution in [1.29, 1.82) is 0 Å². The summed E-state index contributed by atoms with van der Waals surface area (Å²) < 4.78 is 6.97. The van der Waals surface area contributed by atoms with Gasteiger partial charge in [-0.25, -0.2) is 0 Å². The second-order valence-electron chi connectivity index (χ2n) is 16.4. The fraction of sp³-hybridized carbons (Fsp3) is 0.914. The summed E-state index contributed by atoms with van der Waals surface area (Å²) in [6.07, 6.45) is 10.3. The van der Waals surface area contributed by atoms with Gasteiger partial charge in [-0.3, -0.25) is 19.7 Å². The largest absolute Gasteiger partial charge is 0.357 e. The van der Waals surface area contributed by atoms with Crippen molar-refractivity contribution >= 4 is 17.6 Å². The van der Waals surface area contributed by atoms with Crippen LogP contribution in [-0.2, 0) is 19.1 Å². The lowest BCUT2D eigenvalue weighted by molar-refractivity contribution is -0.160. The van der Waals surface area contributed by atoms with Gasteiger partial charge >= 0.3 is 0 Å². The number of piperidine rings is 1. The van der Waals surface area contributed by atoms with Crippen LogP contribution in [0.3, 0.4) is 0 Å². The quantitative estimate of drug-likeness (QED) is 0.301. The molecule has 6 fully saturated rings. The number of hydrogen-bond donors (Lipinski definition) is 3. The number of fused-ring (bicyclic) bond motifs is 7. The number of rotatable bonds is 7. The van der Waals surface area contributed by atoms with Crippen molar-refractivity contribution in [3.8, 4) is 0 Å². The van der Waals surface area contributed by atoms with E-state index < -0.39 is 0 Å². The van der Waals surface area contributed by atoms with Gasteiger partial charge in [0.05, 0.1) is 6.10 Å². The van der Waals surface area contributed by atoms with E-state index in [0.717, 1.165) is 51.6 Å². The van der Waals surface area contributed by atoms with E-state index in [1.165, 1.54) is 19.3 Å². The maximum Gasteiger partial charge on any atom is 0.229 e. The molecule has 0 bridgehead atoms. The maximum absolute atomic E-state index is 14.3. The van der Waals surface area contributed by atoms with Gasteiger partial charge in [0.1, 0.15) is 17.9 Å². The molecule has 2 aliphatic heterocycles. The van der Waals surface area contributed by atoms with Gasteiger partial charge in [0.2, 0.25) is 11.8 Å². The molecule has 6 rings (SSSR count). The highest BCUT2D eigenvalue weighted by molar-refractivity contribution is 5.97. The predicted molar refractivity (Wildman–Crippen MR) is 167 cm³/mol. The van der Waals surface area contributed by atoms with E-state index in [-0.39, 0.29) is 46.9 Å². The van der Waals surface area contributed by atoms with Gasteiger partial charge in [0, 0.05) is 42.8 Å². The summed E-state index contributed by atoms with van der Waals surface area (Å²) >= 11 is 0. The molecule has 2 heterocycles. The van der Waals surface area contributed by atoms with E-state index in [1.807, 2.05) is 14.1 Å². The Hall–Kier alpha value is -1.51. The average Bonchev–Trinajstić information content (AvgIpc) is 3.40. The van der Waals surface area contributed by atoms with Gasteiger partial charge in [-0.05, 0) is 113 Å². The summed E-state index contributed by atoms with van der Waals surface area (Å²) in [5, 5.41) is 9.88. The van der Waals surface area contributed by atoms with E-state index in [2.05, 4.69) is 48.5 Å². The number of amides is 2. The molecule has 43 heavy (non-hydrogen) atoms. The summed E-state index contributed by atoms with van der Waals surface area (Å²) in [4.78, 5) is 41.5. The Kier molecular flexibility index (Phi) is 8.56. The molecule has 1 unspecified atom stereocenters. The van der Waals surface area contributed by atoms with Gasteiger partial charge in [0.15, 0.2) is 0 Å². The first-order valence-electron chi connectivity index (χ1n) is 17.5. The summed E-state index contributed by atoms with van der Waals surface area (Å²) in [5.74, 6) is 3.44. The van der Waals surface area contributed by atoms with E-state index in [1.54, 1.807) is 0 Å². The molecule has 0 aromatic rings. The second-order valence-corrected chi connectivity index (χ2v) is 16.4. The fourth-order valence-electron chi connectivity index (χ4n) is 11.4. The topological polar surface area (TPSA) is 99.8 Å². The van der Waals surface area contributed by atoms with Gasteiger partial charge in [-0.1, -0.05) is 27.7 Å². The molecular weight excluding hydrogens is 540 g/mol. The van der Waals surface area contributed by atoms with Crippen LogP contribution in [-0.4, -0.2) is 74.1 Å². The van der Waals surface area contributed by atoms with Crippen molar-refractivity contribution < 1.29 is 19.1 Å². The van der Waals surface area contributed by atoms with Crippen LogP contribution in [0.4, 0.5) is 0 Å². The Bertz CT molecular complexity index is 1090. The summed E-state index contributed by atoms with van der Waals surface area (Å²) in [6.45, 7) is 12.0. The first-order chi connectivity index (χ1) is 20.4. The standard InChI is InChI=1S/C35H58N4O4/c1-21-10-13-35(37-20-21)22(2)32-28(43-35)17-27-25-9-8-23-16-24(38-31(42)19-30(41)36-14-7-15-39(5)6)11-12-33(23,3)26(25)18-29(40)34(27,32)4/h21-28,32,37H,7-20H2,1-6H3,(H,36,41)(H,38,42)/t21-,22-,23+,24?,25+,26-,27-,28-,32-,33-,34+,35+/m0/s1. The number of nitrogens with one attached hydrogen (secondary N) is 3. The van der Waals surface area contributed by atoms with Crippen LogP contribution in [0.1, 0.15) is 98.3 Å². The second kappa shape index (κ2) is 11.7. The Morgan fingerprint density at radius 2 is 1.81 bits per heavy atom. The monoisotopic (exact) mass is 598 g/mol. The Balaban J connectivity index is 1.07. The smallest absolute Gasteiger partial charge is 0.229 e. The first-order valence-corrected chi connectivity index (χ1v) is 17.5. The Morgan fingerprint density at radius 1 is 1.02 bits per heavy atom. The minimum absolute atomic E-state index is 0.0987. The molecular formula is C35H58N4O4. The predicted octanol–water partition coefficient (Wildman–Crippen LogP) is 4.13. The molecule has 6 aliphatic rings. The normalized spacial score (nSPS) is 47.0. The van der Waals surface area contributed by atoms with Crippen molar-refractivity contribution in [2.45, 2.75) is 116 Å². The lowest BCUT2D eigenvalue weighted by atomic mass is 9.44. The lowest BCUT2D eigenvalue weighted by Gasteiger charge is -2.60. The van der Waals surface area contributed by atoms with Gasteiger partial charge < -0.3 is 20.3 Å². The van der Waals surface area contributed by atoms with Gasteiger partial charge in [-0.2, -0.15) is 0 Å². The summed E-state index contributed by atoms with van der Waals surface area (Å²) in [6, 6.07) is 0.121.